The summed E-state index contributed by atoms with van der Waals surface area (Å²) in [5.41, 5.74) is 0.281. The number of carbonyl (C=O) groups excluding carboxylic acids is 4. The number of nitrogens with zero attached hydrogens (tertiary/aromatic N) is 2. The van der Waals surface area contributed by atoms with Crippen LogP contribution < -0.4 is 20.0 Å². The zero-order chi connectivity index (χ0) is 36.8. The molecule has 0 atom stereocenters. The quantitative estimate of drug-likeness (QED) is 0.192. The van der Waals surface area contributed by atoms with E-state index in [1.54, 1.807) is 24.3 Å². The molecule has 47 heavy (non-hydrogen) atoms. The third kappa shape index (κ3) is 22.1. The summed E-state index contributed by atoms with van der Waals surface area (Å²) in [5.74, 6) is -0.295. The Kier molecular flexibility index (Phi) is 20.7. The molecule has 0 aromatic heterocycles. The van der Waals surface area contributed by atoms with Gasteiger partial charge in [0.05, 0.1) is 0 Å². The van der Waals surface area contributed by atoms with Gasteiger partial charge in [0.15, 0.2) is 0 Å². The minimum absolute atomic E-state index is 0. The average Bonchev–Trinajstić information content (AvgIpc) is 2.88. The third-order valence-corrected chi connectivity index (χ3v) is 6.19. The van der Waals surface area contributed by atoms with E-state index in [0.717, 1.165) is 11.4 Å². The van der Waals surface area contributed by atoms with Crippen LogP contribution in [0, 0.1) is 34.5 Å². The maximum atomic E-state index is 11.4. The first-order chi connectivity index (χ1) is 20.5. The van der Waals surface area contributed by atoms with Gasteiger partial charge in [-0.2, -0.15) is 0 Å². The molecule has 2 rings (SSSR count). The second kappa shape index (κ2) is 20.2. The summed E-state index contributed by atoms with van der Waals surface area (Å²) in [6, 6.07) is 13.5. The Morgan fingerprint density at radius 2 is 0.617 bits per heavy atom. The van der Waals surface area contributed by atoms with Crippen molar-refractivity contribution in [2.75, 3.05) is 38.0 Å². The predicted molar refractivity (Wildman–Crippen MR) is 187 cm³/mol. The SMILES string of the molecule is CC(C)(C)C(=O)[CH-]C(=O)C(C)(C)C.CC(C)(C)C(=O)[CH-]C(=O)C(C)(C)C.CN(C)c1ccc([O-])cc1.CN(C)c1ccc([O-])cc1.[Ti]. The Balaban J connectivity index is -0.000000548. The molecule has 0 amide bonds. The van der Waals surface area contributed by atoms with Crippen molar-refractivity contribution in [1.82, 2.24) is 0 Å². The van der Waals surface area contributed by atoms with Crippen molar-refractivity contribution in [3.8, 4) is 11.5 Å². The fraction of sp³-hybridized carbons (Fsp3) is 0.526. The predicted octanol–water partition coefficient (Wildman–Crippen LogP) is 6.49. The van der Waals surface area contributed by atoms with Gasteiger partial charge in [0.2, 0.25) is 0 Å². The van der Waals surface area contributed by atoms with Gasteiger partial charge in [0.1, 0.15) is 0 Å². The second-order valence-corrected chi connectivity index (χ2v) is 15.5. The largest absolute Gasteiger partial charge is 0.872 e. The van der Waals surface area contributed by atoms with Gasteiger partial charge in [-0.1, -0.05) is 107 Å². The summed E-state index contributed by atoms with van der Waals surface area (Å²) in [4.78, 5) is 49.7. The molecule has 0 saturated carbocycles. The Morgan fingerprint density at radius 3 is 0.745 bits per heavy atom. The van der Waals surface area contributed by atoms with E-state index in [1.165, 1.54) is 12.8 Å². The number of Topliss-reactive ketones (excluding diaryl/α,β-unsaturated/α-hetero) is 4. The summed E-state index contributed by atoms with van der Waals surface area (Å²) in [5, 5.41) is 21.3. The first-order valence-electron chi connectivity index (χ1n) is 15.3. The molecule has 0 bridgehead atoms. The number of anilines is 2. The number of benzene rings is 2. The standard InChI is InChI=1S/2C11H19O2.2C8H11NO.Ti/c2*1-10(2,3)8(12)7-9(13)11(4,5)6;2*1-9(2)7-3-5-8(10)6-4-7;/h2*7H,1-6H3;2*3-6,10H,1-2H3;/q2*-1;;;/p-2. The van der Waals surface area contributed by atoms with Crippen LogP contribution in [-0.2, 0) is 40.9 Å². The van der Waals surface area contributed by atoms with Crippen molar-refractivity contribution in [2.45, 2.75) is 83.1 Å². The van der Waals surface area contributed by atoms with E-state index in [0.29, 0.717) is 0 Å². The van der Waals surface area contributed by atoms with Crippen LogP contribution in [0.1, 0.15) is 83.1 Å². The minimum Gasteiger partial charge on any atom is -0.872 e. The smallest absolute Gasteiger partial charge is 0.0360 e. The van der Waals surface area contributed by atoms with Crippen LogP contribution in [0.3, 0.4) is 0 Å². The normalized spacial score (nSPS) is 10.9. The van der Waals surface area contributed by atoms with Gasteiger partial charge >= 0.3 is 0 Å². The van der Waals surface area contributed by atoms with Crippen LogP contribution in [-0.4, -0.2) is 51.3 Å². The van der Waals surface area contributed by atoms with Gasteiger partial charge in [-0.25, -0.2) is 0 Å². The maximum absolute atomic E-state index is 11.4. The average molecular weight is 687 g/mol. The van der Waals surface area contributed by atoms with Crippen LogP contribution >= 0.6 is 0 Å². The van der Waals surface area contributed by atoms with Crippen molar-refractivity contribution in [3.05, 3.63) is 61.4 Å². The molecule has 0 spiro atoms. The van der Waals surface area contributed by atoms with Crippen molar-refractivity contribution in [2.24, 2.45) is 21.7 Å². The molecule has 0 saturated heterocycles. The van der Waals surface area contributed by atoms with E-state index in [4.69, 9.17) is 0 Å². The first kappa shape index (κ1) is 48.2. The molecule has 0 aliphatic heterocycles. The second-order valence-electron chi connectivity index (χ2n) is 15.5. The molecule has 0 aliphatic rings. The van der Waals surface area contributed by atoms with Crippen molar-refractivity contribution in [3.63, 3.8) is 0 Å². The Morgan fingerprint density at radius 1 is 0.447 bits per heavy atom. The summed E-state index contributed by atoms with van der Waals surface area (Å²) in [7, 11) is 7.78. The fourth-order valence-corrected chi connectivity index (χ4v) is 2.59. The zero-order valence-electron chi connectivity index (χ0n) is 31.6. The third-order valence-electron chi connectivity index (χ3n) is 6.19. The molecule has 0 aliphatic carbocycles. The molecule has 2 aromatic carbocycles. The number of ketones is 4. The molecular formula is C38H58N2O6Ti-4. The Labute approximate surface area is 300 Å². The summed E-state index contributed by atoms with van der Waals surface area (Å²) in [6.45, 7) is 21.7. The van der Waals surface area contributed by atoms with E-state index in [9.17, 15) is 29.4 Å². The molecule has 0 radical (unpaired) electrons. The van der Waals surface area contributed by atoms with Crippen LogP contribution in [0.15, 0.2) is 48.5 Å². The van der Waals surface area contributed by atoms with Gasteiger partial charge in [-0.3, -0.25) is 12.8 Å². The molecule has 0 heterocycles. The summed E-state index contributed by atoms with van der Waals surface area (Å²) >= 11 is 0. The number of hydrogen-bond donors (Lipinski definition) is 0. The molecule has 0 unspecified atom stereocenters. The van der Waals surface area contributed by atoms with Gasteiger partial charge in [-0.15, -0.1) is 11.5 Å². The number of rotatable bonds is 6. The molecule has 0 fully saturated rings. The number of carbonyl (C=O) groups is 4. The summed E-state index contributed by atoms with van der Waals surface area (Å²) < 4.78 is 0. The molecule has 8 nitrogen and oxygen atoms in total. The zero-order valence-corrected chi connectivity index (χ0v) is 33.2. The number of hydrogen-bond acceptors (Lipinski definition) is 8. The maximum Gasteiger partial charge on any atom is 0.0360 e. The van der Waals surface area contributed by atoms with Gasteiger partial charge in [0, 0.05) is 84.4 Å². The van der Waals surface area contributed by atoms with Crippen molar-refractivity contribution in [1.29, 1.82) is 0 Å². The van der Waals surface area contributed by atoms with Crippen molar-refractivity contribution < 1.29 is 51.1 Å². The van der Waals surface area contributed by atoms with E-state index >= 15 is 0 Å². The van der Waals surface area contributed by atoms with Crippen LogP contribution in [0.2, 0.25) is 0 Å². The summed E-state index contributed by atoms with van der Waals surface area (Å²) in [6.07, 6.45) is 2.44. The van der Waals surface area contributed by atoms with Crippen molar-refractivity contribution >= 4 is 34.5 Å². The monoisotopic (exact) mass is 686 g/mol. The van der Waals surface area contributed by atoms with Crippen LogP contribution in [0.4, 0.5) is 11.4 Å². The van der Waals surface area contributed by atoms with E-state index in [-0.39, 0.29) is 56.3 Å². The van der Waals surface area contributed by atoms with Gasteiger partial charge < -0.3 is 39.2 Å². The molecule has 264 valence electrons. The van der Waals surface area contributed by atoms with E-state index in [1.807, 2.05) is 145 Å². The fourth-order valence-electron chi connectivity index (χ4n) is 2.59. The van der Waals surface area contributed by atoms with E-state index in [2.05, 4.69) is 0 Å². The molecular weight excluding hydrogens is 628 g/mol. The molecule has 2 aromatic rings. The molecule has 9 heteroatoms. The topological polar surface area (TPSA) is 121 Å². The van der Waals surface area contributed by atoms with E-state index < -0.39 is 21.7 Å². The van der Waals surface area contributed by atoms with Crippen LogP contribution in [0.5, 0.6) is 11.5 Å². The first-order valence-corrected chi connectivity index (χ1v) is 15.3. The Hall–Kier alpha value is -3.23. The molecule has 0 N–H and O–H groups in total. The van der Waals surface area contributed by atoms with Gasteiger partial charge in [0.25, 0.3) is 0 Å². The van der Waals surface area contributed by atoms with Crippen LogP contribution in [0.25, 0.3) is 0 Å². The Bertz CT molecular complexity index is 1090. The van der Waals surface area contributed by atoms with Gasteiger partial charge in [-0.05, 0) is 45.9 Å². The minimum atomic E-state index is -0.457.